The zero-order chi connectivity index (χ0) is 31.9. The molecular weight excluding hydrogens is 566 g/mol. The fourth-order valence-electron chi connectivity index (χ4n) is 10.5. The third kappa shape index (κ3) is 5.96. The van der Waals surface area contributed by atoms with Crippen LogP contribution in [0.1, 0.15) is 90.5 Å². The second kappa shape index (κ2) is 12.6. The minimum Gasteiger partial charge on any atom is -0.393 e. The predicted octanol–water partition coefficient (Wildman–Crippen LogP) is 7.69. The van der Waals surface area contributed by atoms with E-state index in [0.29, 0.717) is 58.9 Å². The van der Waals surface area contributed by atoms with Crippen LogP contribution in [0.4, 0.5) is 17.1 Å². The summed E-state index contributed by atoms with van der Waals surface area (Å²) in [5, 5.41) is 36.4. The van der Waals surface area contributed by atoms with E-state index in [-0.39, 0.29) is 34.6 Å². The predicted molar refractivity (Wildman–Crippen MR) is 176 cm³/mol. The Balaban J connectivity index is 1.04. The highest BCUT2D eigenvalue weighted by Crippen LogP contribution is 2.68. The summed E-state index contributed by atoms with van der Waals surface area (Å²) < 4.78 is 0. The average molecular weight is 616 g/mol. The van der Waals surface area contributed by atoms with Crippen molar-refractivity contribution >= 4 is 29.2 Å². The van der Waals surface area contributed by atoms with E-state index in [4.69, 9.17) is 0 Å². The van der Waals surface area contributed by atoms with Gasteiger partial charge in [-0.25, -0.2) is 0 Å². The highest BCUT2D eigenvalue weighted by atomic mass is 16.6. The van der Waals surface area contributed by atoms with Crippen molar-refractivity contribution in [1.29, 1.82) is 0 Å². The Bertz CT molecular complexity index is 1430. The maximum Gasteiger partial charge on any atom is 0.278 e. The maximum absolute atomic E-state index is 13.0. The molecule has 4 saturated carbocycles. The van der Waals surface area contributed by atoms with Crippen LogP contribution in [0, 0.1) is 56.5 Å². The average Bonchev–Trinajstić information content (AvgIpc) is 3.39. The number of benzene rings is 2. The first-order valence-corrected chi connectivity index (χ1v) is 17.0. The van der Waals surface area contributed by atoms with Gasteiger partial charge in [-0.2, -0.15) is 0 Å². The van der Waals surface area contributed by atoms with Crippen LogP contribution in [0.15, 0.2) is 53.5 Å². The van der Waals surface area contributed by atoms with Gasteiger partial charge in [0.1, 0.15) is 0 Å². The fourth-order valence-corrected chi connectivity index (χ4v) is 10.5. The molecule has 2 aromatic rings. The number of hydrogen-bond donors (Lipinski definition) is 3. The summed E-state index contributed by atoms with van der Waals surface area (Å²) in [7, 11) is 0. The van der Waals surface area contributed by atoms with Gasteiger partial charge in [-0.15, -0.1) is 0 Å². The number of nitrogens with zero attached hydrogens (tertiary/aromatic N) is 2. The van der Waals surface area contributed by atoms with Gasteiger partial charge in [-0.05, 0) is 134 Å². The Kier molecular flexibility index (Phi) is 8.92. The van der Waals surface area contributed by atoms with Crippen molar-refractivity contribution in [2.45, 2.75) is 97.2 Å². The lowest BCUT2D eigenvalue weighted by Crippen LogP contribution is -2.58. The standard InChI is InChI=1S/C37H49N3O5/c1-23(8-17-35(43)39-27-12-10-26(11-13-27)38-22-24-6-4-5-7-33(24)40(44)45)30-15-16-31-29-14-9-25-20-28(41)18-19-36(25,2)32(29)21-34(42)37(30,31)3/h4-7,10-13,22-23,25,28-32,34,41-42H,8-9,14-21H2,1-3H3,(H,39,43)/t23-,25-,28-,29+,30-,31+,32+,34+,36+,37-/m1/s1. The number of anilines is 1. The Morgan fingerprint density at radius 3 is 2.56 bits per heavy atom. The van der Waals surface area contributed by atoms with Crippen molar-refractivity contribution in [2.75, 3.05) is 5.32 Å². The number of nitrogens with one attached hydrogen (secondary N) is 1. The first-order valence-electron chi connectivity index (χ1n) is 17.0. The number of carbonyl (C=O) groups excluding carboxylic acids is 1. The second-order valence-corrected chi connectivity index (χ2v) is 15.1. The van der Waals surface area contributed by atoms with Crippen molar-refractivity contribution in [3.63, 3.8) is 0 Å². The summed E-state index contributed by atoms with van der Waals surface area (Å²) in [4.78, 5) is 28.2. The number of aliphatic hydroxyl groups is 2. The third-order valence-electron chi connectivity index (χ3n) is 13.0. The number of aliphatic imine (C=N–C) groups is 1. The van der Waals surface area contributed by atoms with Gasteiger partial charge in [0.05, 0.1) is 28.4 Å². The van der Waals surface area contributed by atoms with E-state index in [0.717, 1.165) is 38.5 Å². The van der Waals surface area contributed by atoms with Crippen molar-refractivity contribution < 1.29 is 19.9 Å². The van der Waals surface area contributed by atoms with Gasteiger partial charge in [0, 0.05) is 24.4 Å². The maximum atomic E-state index is 13.0. The molecule has 4 aliphatic rings. The first kappa shape index (κ1) is 31.9. The molecule has 0 heterocycles. The Labute approximate surface area is 266 Å². The molecule has 6 rings (SSSR count). The van der Waals surface area contributed by atoms with Crippen molar-refractivity contribution in [2.24, 2.45) is 51.3 Å². The van der Waals surface area contributed by atoms with Crippen molar-refractivity contribution in [1.82, 2.24) is 0 Å². The summed E-state index contributed by atoms with van der Waals surface area (Å²) >= 11 is 0. The molecule has 0 aromatic heterocycles. The number of hydrogen-bond acceptors (Lipinski definition) is 6. The molecule has 4 aliphatic carbocycles. The number of nitro benzene ring substituents is 1. The van der Waals surface area contributed by atoms with E-state index in [9.17, 15) is 25.1 Å². The summed E-state index contributed by atoms with van der Waals surface area (Å²) in [6.07, 6.45) is 10.8. The monoisotopic (exact) mass is 615 g/mol. The summed E-state index contributed by atoms with van der Waals surface area (Å²) in [5.41, 5.74) is 1.90. The van der Waals surface area contributed by atoms with E-state index < -0.39 is 4.92 Å². The quantitative estimate of drug-likeness (QED) is 0.159. The van der Waals surface area contributed by atoms with Crippen LogP contribution in [0.5, 0.6) is 0 Å². The van der Waals surface area contributed by atoms with Gasteiger partial charge in [0.25, 0.3) is 5.69 Å². The molecule has 4 fully saturated rings. The SMILES string of the molecule is C[C@H](CCC(=O)Nc1ccc(N=Cc2ccccc2[N+](=O)[O-])cc1)[C@H]1CC[C@H]2[C@@H]3CC[C@@H]4C[C@H](O)CC[C@]4(C)[C@H]3C[C@H](O)[C@]12C. The molecule has 8 heteroatoms. The zero-order valence-electron chi connectivity index (χ0n) is 26.9. The van der Waals surface area contributed by atoms with Crippen LogP contribution in [0.2, 0.25) is 0 Å². The number of aliphatic hydroxyl groups excluding tert-OH is 2. The van der Waals surface area contributed by atoms with Crippen LogP contribution < -0.4 is 5.32 Å². The van der Waals surface area contributed by atoms with Crippen molar-refractivity contribution in [3.8, 4) is 0 Å². The largest absolute Gasteiger partial charge is 0.393 e. The lowest BCUT2D eigenvalue weighted by atomic mass is 9.43. The molecule has 3 N–H and O–H groups in total. The normalized spacial score (nSPS) is 36.5. The number of amides is 1. The molecule has 0 spiro atoms. The van der Waals surface area contributed by atoms with E-state index >= 15 is 0 Å². The minimum atomic E-state index is -0.423. The fraction of sp³-hybridized carbons (Fsp3) is 0.622. The van der Waals surface area contributed by atoms with Crippen LogP contribution in [-0.4, -0.2) is 39.5 Å². The van der Waals surface area contributed by atoms with Crippen molar-refractivity contribution in [3.05, 3.63) is 64.2 Å². The Morgan fingerprint density at radius 1 is 1.04 bits per heavy atom. The smallest absolute Gasteiger partial charge is 0.278 e. The van der Waals surface area contributed by atoms with Gasteiger partial charge >= 0.3 is 0 Å². The lowest BCUT2D eigenvalue weighted by molar-refractivity contribution is -0.385. The zero-order valence-corrected chi connectivity index (χ0v) is 26.9. The molecular formula is C37H49N3O5. The molecule has 0 unspecified atom stereocenters. The molecule has 10 atom stereocenters. The first-order chi connectivity index (χ1) is 21.5. The number of rotatable bonds is 8. The number of fused-ring (bicyclic) bond motifs is 5. The molecule has 0 radical (unpaired) electrons. The van der Waals surface area contributed by atoms with Crippen LogP contribution in [0.25, 0.3) is 0 Å². The molecule has 0 bridgehead atoms. The molecule has 1 amide bonds. The van der Waals surface area contributed by atoms with E-state index in [1.54, 1.807) is 42.5 Å². The Morgan fingerprint density at radius 2 is 1.80 bits per heavy atom. The Hall–Kier alpha value is -3.10. The number of para-hydroxylation sites is 1. The highest BCUT2D eigenvalue weighted by molar-refractivity contribution is 5.91. The van der Waals surface area contributed by atoms with Gasteiger partial charge in [0.2, 0.25) is 5.91 Å². The van der Waals surface area contributed by atoms with E-state index in [2.05, 4.69) is 31.1 Å². The summed E-state index contributed by atoms with van der Waals surface area (Å²) in [5.74, 6) is 3.04. The van der Waals surface area contributed by atoms with E-state index in [1.165, 1.54) is 31.5 Å². The molecule has 242 valence electrons. The van der Waals surface area contributed by atoms with Crippen LogP contribution >= 0.6 is 0 Å². The number of carbonyl (C=O) groups is 1. The third-order valence-corrected chi connectivity index (χ3v) is 13.0. The topological polar surface area (TPSA) is 125 Å². The van der Waals surface area contributed by atoms with Gasteiger partial charge < -0.3 is 15.5 Å². The molecule has 2 aromatic carbocycles. The van der Waals surface area contributed by atoms with Crippen LogP contribution in [-0.2, 0) is 4.79 Å². The summed E-state index contributed by atoms with van der Waals surface area (Å²) in [6, 6.07) is 13.6. The van der Waals surface area contributed by atoms with E-state index in [1.807, 2.05) is 0 Å². The molecule has 45 heavy (non-hydrogen) atoms. The molecule has 0 aliphatic heterocycles. The molecule has 8 nitrogen and oxygen atoms in total. The van der Waals surface area contributed by atoms with Gasteiger partial charge in [0.15, 0.2) is 0 Å². The number of nitro groups is 1. The van der Waals surface area contributed by atoms with Gasteiger partial charge in [-0.3, -0.25) is 19.9 Å². The van der Waals surface area contributed by atoms with Crippen LogP contribution in [0.3, 0.4) is 0 Å². The highest BCUT2D eigenvalue weighted by Gasteiger charge is 2.63. The van der Waals surface area contributed by atoms with Gasteiger partial charge in [-0.1, -0.05) is 32.9 Å². The molecule has 0 saturated heterocycles. The second-order valence-electron chi connectivity index (χ2n) is 15.1. The summed E-state index contributed by atoms with van der Waals surface area (Å²) in [6.45, 7) is 7.09. The lowest BCUT2D eigenvalue weighted by Gasteiger charge is -2.62. The minimum absolute atomic E-state index is 0.00567.